The van der Waals surface area contributed by atoms with Gasteiger partial charge in [-0.2, -0.15) is 0 Å². The van der Waals surface area contributed by atoms with Gasteiger partial charge in [-0.15, -0.1) is 0 Å². The monoisotopic (exact) mass is 233 g/mol. The minimum absolute atomic E-state index is 0.0139. The average Bonchev–Trinajstić information content (AvgIpc) is 2.72. The third-order valence-electron chi connectivity index (χ3n) is 3.18. The molecule has 0 aromatic heterocycles. The minimum Gasteiger partial charge on any atom is -0.329 e. The maximum atomic E-state index is 11.6. The molecule has 0 aliphatic carbocycles. The first-order valence-electron chi connectivity index (χ1n) is 6.09. The summed E-state index contributed by atoms with van der Waals surface area (Å²) in [6.45, 7) is 3.97. The van der Waals surface area contributed by atoms with Crippen LogP contribution >= 0.6 is 0 Å². The summed E-state index contributed by atoms with van der Waals surface area (Å²) in [4.78, 5) is 13.4. The number of nitrogens with one attached hydrogen (secondary N) is 1. The molecule has 1 aromatic carbocycles. The van der Waals surface area contributed by atoms with Gasteiger partial charge in [0.25, 0.3) is 0 Å². The summed E-state index contributed by atoms with van der Waals surface area (Å²) in [7, 11) is 0. The van der Waals surface area contributed by atoms with E-state index in [-0.39, 0.29) is 12.1 Å². The van der Waals surface area contributed by atoms with E-state index in [1.54, 1.807) is 4.90 Å². The molecule has 1 aliphatic rings. The number of amides is 2. The molecule has 4 nitrogen and oxygen atoms in total. The van der Waals surface area contributed by atoms with Gasteiger partial charge in [-0.3, -0.25) is 0 Å². The molecule has 1 unspecified atom stereocenters. The third-order valence-corrected chi connectivity index (χ3v) is 3.18. The molecule has 1 heterocycles. The summed E-state index contributed by atoms with van der Waals surface area (Å²) in [6, 6.07) is 8.51. The molecule has 17 heavy (non-hydrogen) atoms. The highest BCUT2D eigenvalue weighted by Gasteiger charge is 2.28. The summed E-state index contributed by atoms with van der Waals surface area (Å²) in [5, 5.41) is 2.97. The van der Waals surface area contributed by atoms with Crippen LogP contribution in [0, 0.1) is 0 Å². The molecule has 0 spiro atoms. The number of carbonyl (C=O) groups is 1. The quantitative estimate of drug-likeness (QED) is 0.823. The number of hydrogen-bond donors (Lipinski definition) is 2. The van der Waals surface area contributed by atoms with Gasteiger partial charge < -0.3 is 16.0 Å². The van der Waals surface area contributed by atoms with E-state index in [9.17, 15) is 4.79 Å². The largest absolute Gasteiger partial charge is 0.329 e. The van der Waals surface area contributed by atoms with Crippen molar-refractivity contribution in [3.8, 4) is 0 Å². The molecule has 0 saturated carbocycles. The molecule has 2 amide bonds. The third kappa shape index (κ3) is 2.58. The molecule has 1 atom stereocenters. The Morgan fingerprint density at radius 3 is 2.71 bits per heavy atom. The molecule has 1 aliphatic heterocycles. The van der Waals surface area contributed by atoms with Crippen LogP contribution in [0.1, 0.15) is 24.1 Å². The normalized spacial score (nSPS) is 19.5. The fourth-order valence-corrected chi connectivity index (χ4v) is 2.11. The van der Waals surface area contributed by atoms with Crippen molar-refractivity contribution in [2.45, 2.75) is 19.4 Å². The van der Waals surface area contributed by atoms with Crippen LogP contribution in [0.15, 0.2) is 24.3 Å². The SMILES string of the molecule is CCc1ccc(C2CN(CCN)C(=O)N2)cc1. The van der Waals surface area contributed by atoms with Crippen LogP contribution in [-0.4, -0.2) is 30.6 Å². The lowest BCUT2D eigenvalue weighted by Gasteiger charge is -2.13. The number of nitrogens with zero attached hydrogens (tertiary/aromatic N) is 1. The van der Waals surface area contributed by atoms with Crippen molar-refractivity contribution in [3.63, 3.8) is 0 Å². The van der Waals surface area contributed by atoms with Crippen molar-refractivity contribution in [2.75, 3.05) is 19.6 Å². The molecule has 92 valence electrons. The van der Waals surface area contributed by atoms with Gasteiger partial charge in [0, 0.05) is 19.6 Å². The first kappa shape index (κ1) is 11.9. The van der Waals surface area contributed by atoms with Gasteiger partial charge >= 0.3 is 6.03 Å². The van der Waals surface area contributed by atoms with Crippen molar-refractivity contribution < 1.29 is 4.79 Å². The van der Waals surface area contributed by atoms with Crippen LogP contribution in [-0.2, 0) is 6.42 Å². The first-order chi connectivity index (χ1) is 8.24. The smallest absolute Gasteiger partial charge is 0.318 e. The van der Waals surface area contributed by atoms with E-state index in [0.29, 0.717) is 19.6 Å². The van der Waals surface area contributed by atoms with Crippen LogP contribution in [0.25, 0.3) is 0 Å². The fraction of sp³-hybridized carbons (Fsp3) is 0.462. The molecular formula is C13H19N3O. The minimum atomic E-state index is -0.0139. The van der Waals surface area contributed by atoms with Crippen molar-refractivity contribution in [1.29, 1.82) is 0 Å². The Hall–Kier alpha value is -1.55. The second kappa shape index (κ2) is 5.19. The van der Waals surface area contributed by atoms with E-state index in [1.807, 2.05) is 0 Å². The van der Waals surface area contributed by atoms with Crippen LogP contribution in [0.3, 0.4) is 0 Å². The van der Waals surface area contributed by atoms with Gasteiger partial charge in [0.1, 0.15) is 0 Å². The first-order valence-corrected chi connectivity index (χ1v) is 6.09. The highest BCUT2D eigenvalue weighted by Crippen LogP contribution is 2.20. The fourth-order valence-electron chi connectivity index (χ4n) is 2.11. The summed E-state index contributed by atoms with van der Waals surface area (Å²) in [5.41, 5.74) is 7.95. The molecule has 1 fully saturated rings. The molecule has 0 bridgehead atoms. The number of hydrogen-bond acceptors (Lipinski definition) is 2. The molecule has 0 radical (unpaired) electrons. The zero-order valence-corrected chi connectivity index (χ0v) is 10.1. The summed E-state index contributed by atoms with van der Waals surface area (Å²) >= 11 is 0. The number of carbonyl (C=O) groups excluding carboxylic acids is 1. The highest BCUT2D eigenvalue weighted by atomic mass is 16.2. The molecule has 1 aromatic rings. The predicted octanol–water partition coefficient (Wildman–Crippen LogP) is 1.27. The lowest BCUT2D eigenvalue weighted by Crippen LogP contribution is -2.32. The van der Waals surface area contributed by atoms with Crippen molar-refractivity contribution in [2.24, 2.45) is 5.73 Å². The van der Waals surface area contributed by atoms with Gasteiger partial charge in [-0.05, 0) is 17.5 Å². The number of rotatable bonds is 4. The maximum absolute atomic E-state index is 11.6. The Bertz CT molecular complexity index is 388. The zero-order chi connectivity index (χ0) is 12.3. The van der Waals surface area contributed by atoms with Crippen molar-refractivity contribution in [1.82, 2.24) is 10.2 Å². The Balaban J connectivity index is 2.06. The van der Waals surface area contributed by atoms with Gasteiger partial charge in [0.15, 0.2) is 0 Å². The van der Waals surface area contributed by atoms with Gasteiger partial charge in [0.05, 0.1) is 6.04 Å². The van der Waals surface area contributed by atoms with Crippen LogP contribution in [0.5, 0.6) is 0 Å². The molecular weight excluding hydrogens is 214 g/mol. The average molecular weight is 233 g/mol. The Kier molecular flexibility index (Phi) is 3.64. The van der Waals surface area contributed by atoms with E-state index < -0.39 is 0 Å². The van der Waals surface area contributed by atoms with E-state index >= 15 is 0 Å². The molecule has 4 heteroatoms. The lowest BCUT2D eigenvalue weighted by molar-refractivity contribution is 0.218. The van der Waals surface area contributed by atoms with E-state index in [2.05, 4.69) is 36.5 Å². The second-order valence-electron chi connectivity index (χ2n) is 4.33. The van der Waals surface area contributed by atoms with Crippen molar-refractivity contribution >= 4 is 6.03 Å². The molecule has 1 saturated heterocycles. The Morgan fingerprint density at radius 1 is 1.41 bits per heavy atom. The number of benzene rings is 1. The van der Waals surface area contributed by atoms with Gasteiger partial charge in [0.2, 0.25) is 0 Å². The van der Waals surface area contributed by atoms with E-state index in [4.69, 9.17) is 5.73 Å². The standard InChI is InChI=1S/C13H19N3O/c1-2-10-3-5-11(6-4-10)12-9-16(8-7-14)13(17)15-12/h3-6,12H,2,7-9,14H2,1H3,(H,15,17). The van der Waals surface area contributed by atoms with E-state index in [1.165, 1.54) is 5.56 Å². The summed E-state index contributed by atoms with van der Waals surface area (Å²) in [5.74, 6) is 0. The van der Waals surface area contributed by atoms with Crippen LogP contribution in [0.2, 0.25) is 0 Å². The lowest BCUT2D eigenvalue weighted by atomic mass is 10.0. The number of nitrogens with two attached hydrogens (primary N) is 1. The van der Waals surface area contributed by atoms with Gasteiger partial charge in [-0.25, -0.2) is 4.79 Å². The zero-order valence-electron chi connectivity index (χ0n) is 10.1. The summed E-state index contributed by atoms with van der Waals surface area (Å²) < 4.78 is 0. The number of aryl methyl sites for hydroxylation is 1. The molecule has 3 N–H and O–H groups in total. The van der Waals surface area contributed by atoms with Crippen LogP contribution in [0.4, 0.5) is 4.79 Å². The van der Waals surface area contributed by atoms with Gasteiger partial charge in [-0.1, -0.05) is 31.2 Å². The number of urea groups is 1. The topological polar surface area (TPSA) is 58.4 Å². The maximum Gasteiger partial charge on any atom is 0.318 e. The Morgan fingerprint density at radius 2 is 2.12 bits per heavy atom. The second-order valence-corrected chi connectivity index (χ2v) is 4.33. The highest BCUT2D eigenvalue weighted by molar-refractivity contribution is 5.77. The summed E-state index contributed by atoms with van der Waals surface area (Å²) in [6.07, 6.45) is 1.04. The van der Waals surface area contributed by atoms with Crippen LogP contribution < -0.4 is 11.1 Å². The van der Waals surface area contributed by atoms with E-state index in [0.717, 1.165) is 12.0 Å². The predicted molar refractivity (Wildman–Crippen MR) is 67.7 cm³/mol. The Labute approximate surface area is 102 Å². The van der Waals surface area contributed by atoms with Crippen molar-refractivity contribution in [3.05, 3.63) is 35.4 Å². The molecule has 2 rings (SSSR count).